The molecule has 0 bridgehead atoms. The van der Waals surface area contributed by atoms with Crippen LogP contribution in [-0.2, 0) is 22.5 Å². The number of hydrogen-bond acceptors (Lipinski definition) is 4. The van der Waals surface area contributed by atoms with E-state index in [2.05, 4.69) is 10.1 Å². The Balaban J connectivity index is 1.83. The lowest BCUT2D eigenvalue weighted by Gasteiger charge is -2.35. The smallest absolute Gasteiger partial charge is 0.151 e. The van der Waals surface area contributed by atoms with Gasteiger partial charge in [0.05, 0.1) is 13.2 Å². The lowest BCUT2D eigenvalue weighted by molar-refractivity contribution is -0.0634. The van der Waals surface area contributed by atoms with Crippen LogP contribution in [0.4, 0.5) is 4.39 Å². The van der Waals surface area contributed by atoms with Crippen LogP contribution in [0, 0.1) is 5.82 Å². The fourth-order valence-electron chi connectivity index (χ4n) is 3.15. The molecule has 1 saturated heterocycles. The molecule has 2 aromatic carbocycles. The number of hydrogen-bond donors (Lipinski definition) is 1. The predicted molar refractivity (Wildman–Crippen MR) is 84.4 cm³/mol. The molecule has 0 spiro atoms. The molecule has 0 saturated carbocycles. The first-order chi connectivity index (χ1) is 11.6. The van der Waals surface area contributed by atoms with Crippen LogP contribution < -0.4 is 0 Å². The molecule has 2 unspecified atom stereocenters. The molecule has 1 aromatic heterocycles. The zero-order valence-electron chi connectivity index (χ0n) is 12.8. The Morgan fingerprint density at radius 3 is 2.46 bits per heavy atom. The van der Waals surface area contributed by atoms with Gasteiger partial charge >= 0.3 is 0 Å². The van der Waals surface area contributed by atoms with Gasteiger partial charge in [-0.15, -0.1) is 0 Å². The van der Waals surface area contributed by atoms with E-state index in [4.69, 9.17) is 4.74 Å². The maximum atomic E-state index is 13.3. The van der Waals surface area contributed by atoms with E-state index in [1.807, 2.05) is 30.3 Å². The van der Waals surface area contributed by atoms with Crippen molar-refractivity contribution < 1.29 is 14.2 Å². The van der Waals surface area contributed by atoms with Crippen LogP contribution in [0.2, 0.25) is 0 Å². The molecule has 2 heterocycles. The second-order valence-corrected chi connectivity index (χ2v) is 5.94. The first kappa shape index (κ1) is 15.0. The van der Waals surface area contributed by atoms with E-state index >= 15 is 0 Å². The van der Waals surface area contributed by atoms with Crippen molar-refractivity contribution in [1.82, 2.24) is 14.8 Å². The fraction of sp³-hybridized carbons (Fsp3) is 0.222. The first-order valence-electron chi connectivity index (χ1n) is 7.64. The van der Waals surface area contributed by atoms with Gasteiger partial charge in [-0.1, -0.05) is 42.5 Å². The highest BCUT2D eigenvalue weighted by atomic mass is 19.1. The monoisotopic (exact) mass is 325 g/mol. The van der Waals surface area contributed by atoms with E-state index in [0.29, 0.717) is 12.2 Å². The van der Waals surface area contributed by atoms with Gasteiger partial charge < -0.3 is 9.84 Å². The van der Waals surface area contributed by atoms with Crippen LogP contribution in [0.25, 0.3) is 0 Å². The molecule has 0 radical (unpaired) electrons. The third-order valence-electron chi connectivity index (χ3n) is 4.52. The molecular formula is C18H16FN3O2. The highest BCUT2D eigenvalue weighted by Crippen LogP contribution is 2.53. The van der Waals surface area contributed by atoms with Crippen LogP contribution >= 0.6 is 0 Å². The summed E-state index contributed by atoms with van der Waals surface area (Å²) in [6, 6.07) is 15.4. The van der Waals surface area contributed by atoms with Crippen LogP contribution in [0.3, 0.4) is 0 Å². The summed E-state index contributed by atoms with van der Waals surface area (Å²) in [5.74, 6) is -0.354. The van der Waals surface area contributed by atoms with Gasteiger partial charge in [0.1, 0.15) is 24.1 Å². The minimum Gasteiger partial charge on any atom is -0.380 e. The first-order valence-corrected chi connectivity index (χ1v) is 7.64. The molecule has 0 aliphatic carbocycles. The summed E-state index contributed by atoms with van der Waals surface area (Å²) >= 11 is 0. The minimum absolute atomic E-state index is 0.146. The van der Waals surface area contributed by atoms with Crippen molar-refractivity contribution >= 4 is 0 Å². The van der Waals surface area contributed by atoms with E-state index in [-0.39, 0.29) is 12.4 Å². The number of halogens is 1. The van der Waals surface area contributed by atoms with Gasteiger partial charge in [0.15, 0.2) is 5.60 Å². The maximum Gasteiger partial charge on any atom is 0.151 e. The largest absolute Gasteiger partial charge is 0.380 e. The zero-order valence-corrected chi connectivity index (χ0v) is 12.8. The summed E-state index contributed by atoms with van der Waals surface area (Å²) in [5.41, 5.74) is -0.856. The van der Waals surface area contributed by atoms with Gasteiger partial charge in [-0.25, -0.2) is 14.1 Å². The fourth-order valence-corrected chi connectivity index (χ4v) is 3.15. The molecule has 0 amide bonds. The number of aliphatic hydroxyl groups is 1. The lowest BCUT2D eigenvalue weighted by atomic mass is 9.77. The van der Waals surface area contributed by atoms with Crippen molar-refractivity contribution in [2.45, 2.75) is 17.7 Å². The molecular weight excluding hydrogens is 309 g/mol. The van der Waals surface area contributed by atoms with Crippen LogP contribution in [-0.4, -0.2) is 26.5 Å². The van der Waals surface area contributed by atoms with Gasteiger partial charge in [-0.05, 0) is 23.3 Å². The summed E-state index contributed by atoms with van der Waals surface area (Å²) in [6.07, 6.45) is 2.95. The standard InChI is InChI=1S/C18H16FN3O2/c19-16-8-6-14(7-9-16)17(23,10-22-13-20-12-21-22)18(11-24-18)15-4-2-1-3-5-15/h1-9,12-13,23H,10-11H2. The predicted octanol–water partition coefficient (Wildman–Crippen LogP) is 2.23. The normalized spacial score (nSPS) is 22.1. The third-order valence-corrected chi connectivity index (χ3v) is 4.52. The number of benzene rings is 2. The Hall–Kier alpha value is -2.57. The number of epoxide rings is 1. The zero-order chi connectivity index (χ0) is 16.6. The van der Waals surface area contributed by atoms with Gasteiger partial charge in [0.2, 0.25) is 0 Å². The van der Waals surface area contributed by atoms with Crippen molar-refractivity contribution in [2.24, 2.45) is 0 Å². The molecule has 3 aromatic rings. The van der Waals surface area contributed by atoms with Crippen molar-refractivity contribution in [3.8, 4) is 0 Å². The van der Waals surface area contributed by atoms with E-state index in [1.165, 1.54) is 24.8 Å². The number of rotatable bonds is 5. The molecule has 1 aliphatic rings. The summed E-state index contributed by atoms with van der Waals surface area (Å²) < 4.78 is 20.7. The minimum atomic E-state index is -1.41. The average molecular weight is 325 g/mol. The van der Waals surface area contributed by atoms with E-state index in [0.717, 1.165) is 5.56 Å². The van der Waals surface area contributed by atoms with Crippen molar-refractivity contribution in [1.29, 1.82) is 0 Å². The van der Waals surface area contributed by atoms with Gasteiger partial charge in [0, 0.05) is 0 Å². The summed E-state index contributed by atoms with van der Waals surface area (Å²) in [6.45, 7) is 0.521. The Labute approximate surface area is 138 Å². The average Bonchev–Trinajstić information content (AvgIpc) is 3.29. The van der Waals surface area contributed by atoms with Crippen molar-refractivity contribution in [3.05, 3.63) is 84.2 Å². The Morgan fingerprint density at radius 2 is 1.88 bits per heavy atom. The highest BCUT2D eigenvalue weighted by Gasteiger charge is 2.63. The summed E-state index contributed by atoms with van der Waals surface area (Å²) in [7, 11) is 0. The summed E-state index contributed by atoms with van der Waals surface area (Å²) in [5, 5.41) is 15.7. The number of aromatic nitrogens is 3. The highest BCUT2D eigenvalue weighted by molar-refractivity contribution is 5.37. The third kappa shape index (κ3) is 2.31. The van der Waals surface area contributed by atoms with E-state index in [1.54, 1.807) is 16.8 Å². The van der Waals surface area contributed by atoms with Gasteiger partial charge in [0.25, 0.3) is 0 Å². The SMILES string of the molecule is OC(Cn1cncn1)(c1ccc(F)cc1)C1(c2ccccc2)CO1. The Morgan fingerprint density at radius 1 is 1.17 bits per heavy atom. The molecule has 2 atom stereocenters. The molecule has 1 aliphatic heterocycles. The molecule has 5 nitrogen and oxygen atoms in total. The van der Waals surface area contributed by atoms with E-state index in [9.17, 15) is 9.50 Å². The Bertz CT molecular complexity index is 817. The number of nitrogens with zero attached hydrogens (tertiary/aromatic N) is 3. The Kier molecular flexibility index (Phi) is 3.44. The maximum absolute atomic E-state index is 13.3. The molecule has 1 N–H and O–H groups in total. The van der Waals surface area contributed by atoms with Gasteiger partial charge in [-0.2, -0.15) is 5.10 Å². The van der Waals surface area contributed by atoms with Crippen molar-refractivity contribution in [3.63, 3.8) is 0 Å². The quantitative estimate of drug-likeness (QED) is 0.731. The molecule has 1 fully saturated rings. The van der Waals surface area contributed by atoms with Crippen LogP contribution in [0.5, 0.6) is 0 Å². The summed E-state index contributed by atoms with van der Waals surface area (Å²) in [4.78, 5) is 3.93. The second-order valence-electron chi connectivity index (χ2n) is 5.94. The molecule has 4 rings (SSSR count). The van der Waals surface area contributed by atoms with Crippen molar-refractivity contribution in [2.75, 3.05) is 6.61 Å². The van der Waals surface area contributed by atoms with E-state index < -0.39 is 11.2 Å². The second kappa shape index (κ2) is 5.51. The lowest BCUT2D eigenvalue weighted by Crippen LogP contribution is -2.44. The molecule has 24 heavy (non-hydrogen) atoms. The van der Waals surface area contributed by atoms with Gasteiger partial charge in [-0.3, -0.25) is 0 Å². The molecule has 6 heteroatoms. The van der Waals surface area contributed by atoms with Crippen LogP contribution in [0.15, 0.2) is 67.3 Å². The number of ether oxygens (including phenoxy) is 1. The molecule has 122 valence electrons. The van der Waals surface area contributed by atoms with Crippen LogP contribution in [0.1, 0.15) is 11.1 Å². The topological polar surface area (TPSA) is 63.5 Å².